The zero-order valence-electron chi connectivity index (χ0n) is 17.1. The molecule has 0 saturated carbocycles. The van der Waals surface area contributed by atoms with E-state index in [1.54, 1.807) is 21.9 Å². The van der Waals surface area contributed by atoms with Gasteiger partial charge in [0.1, 0.15) is 6.04 Å². The van der Waals surface area contributed by atoms with Crippen molar-refractivity contribution in [2.45, 2.75) is 32.4 Å². The first-order valence-electron chi connectivity index (χ1n) is 10.4. The third-order valence-electron chi connectivity index (χ3n) is 6.17. The highest BCUT2D eigenvalue weighted by Gasteiger charge is 2.39. The lowest BCUT2D eigenvalue weighted by Crippen LogP contribution is -2.52. The number of carbonyl (C=O) groups excluding carboxylic acids is 4. The summed E-state index contributed by atoms with van der Waals surface area (Å²) in [7, 11) is 0. The standard InChI is InChI=1S/C23H22N4O4/c1-14-2-4-16(5-3-14)25-10-11-26(23(25)31)17-6-7-18-15(12-17)13-27(22(18)30)19-8-9-20(28)24-21(19)29/h2-7,12,19H,8-11,13H2,1H3,(H,24,28,29). The van der Waals surface area contributed by atoms with Crippen molar-refractivity contribution < 1.29 is 19.2 Å². The average molecular weight is 418 g/mol. The van der Waals surface area contributed by atoms with E-state index in [4.69, 9.17) is 0 Å². The molecule has 2 fully saturated rings. The minimum Gasteiger partial charge on any atom is -0.322 e. The van der Waals surface area contributed by atoms with E-state index >= 15 is 0 Å². The second-order valence-corrected chi connectivity index (χ2v) is 8.16. The van der Waals surface area contributed by atoms with E-state index in [1.807, 2.05) is 37.3 Å². The molecule has 0 aromatic heterocycles. The number of amides is 5. The number of carbonyl (C=O) groups is 4. The van der Waals surface area contributed by atoms with E-state index < -0.39 is 11.9 Å². The number of hydrogen-bond donors (Lipinski definition) is 1. The number of benzene rings is 2. The summed E-state index contributed by atoms with van der Waals surface area (Å²) in [5.74, 6) is -0.954. The first kappa shape index (κ1) is 19.3. The molecule has 31 heavy (non-hydrogen) atoms. The summed E-state index contributed by atoms with van der Waals surface area (Å²) >= 11 is 0. The number of imide groups is 1. The Morgan fingerprint density at radius 2 is 1.58 bits per heavy atom. The topological polar surface area (TPSA) is 90.0 Å². The Bertz CT molecular complexity index is 1110. The number of aryl methyl sites for hydroxylation is 1. The van der Waals surface area contributed by atoms with Gasteiger partial charge in [0.15, 0.2) is 0 Å². The number of rotatable bonds is 3. The summed E-state index contributed by atoms with van der Waals surface area (Å²) in [5, 5.41) is 2.31. The monoisotopic (exact) mass is 418 g/mol. The summed E-state index contributed by atoms with van der Waals surface area (Å²) in [5.41, 5.74) is 4.05. The van der Waals surface area contributed by atoms with Gasteiger partial charge in [0.25, 0.3) is 5.91 Å². The lowest BCUT2D eigenvalue weighted by atomic mass is 10.0. The molecule has 5 amide bonds. The van der Waals surface area contributed by atoms with E-state index in [1.165, 1.54) is 4.90 Å². The number of hydrogen-bond acceptors (Lipinski definition) is 4. The maximum Gasteiger partial charge on any atom is 0.329 e. The van der Waals surface area contributed by atoms with Crippen molar-refractivity contribution in [3.63, 3.8) is 0 Å². The van der Waals surface area contributed by atoms with Crippen molar-refractivity contribution in [2.75, 3.05) is 22.9 Å². The molecule has 8 nitrogen and oxygen atoms in total. The molecule has 158 valence electrons. The Kier molecular flexibility index (Phi) is 4.50. The molecule has 0 radical (unpaired) electrons. The zero-order chi connectivity index (χ0) is 21.7. The van der Waals surface area contributed by atoms with Crippen molar-refractivity contribution in [1.29, 1.82) is 0 Å². The van der Waals surface area contributed by atoms with E-state index in [0.717, 1.165) is 22.5 Å². The largest absolute Gasteiger partial charge is 0.329 e. The summed E-state index contributed by atoms with van der Waals surface area (Å²) in [6, 6.07) is 12.5. The van der Waals surface area contributed by atoms with Gasteiger partial charge in [-0.15, -0.1) is 0 Å². The first-order valence-corrected chi connectivity index (χ1v) is 10.4. The summed E-state index contributed by atoms with van der Waals surface area (Å²) < 4.78 is 0. The number of piperidine rings is 1. The van der Waals surface area contributed by atoms with Crippen LogP contribution in [0.2, 0.25) is 0 Å². The van der Waals surface area contributed by atoms with Gasteiger partial charge in [-0.25, -0.2) is 4.79 Å². The zero-order valence-corrected chi connectivity index (χ0v) is 17.1. The summed E-state index contributed by atoms with van der Waals surface area (Å²) in [4.78, 5) is 54.5. The van der Waals surface area contributed by atoms with Gasteiger partial charge in [0.2, 0.25) is 11.8 Å². The van der Waals surface area contributed by atoms with Gasteiger partial charge in [-0.3, -0.25) is 29.5 Å². The molecule has 8 heteroatoms. The van der Waals surface area contributed by atoms with Gasteiger partial charge in [0.05, 0.1) is 0 Å². The molecule has 2 aromatic carbocycles. The van der Waals surface area contributed by atoms with Gasteiger partial charge >= 0.3 is 6.03 Å². The van der Waals surface area contributed by atoms with Crippen LogP contribution >= 0.6 is 0 Å². The van der Waals surface area contributed by atoms with Gasteiger partial charge in [-0.2, -0.15) is 0 Å². The second kappa shape index (κ2) is 7.23. The van der Waals surface area contributed by atoms with Crippen molar-refractivity contribution in [3.05, 3.63) is 59.2 Å². The van der Waals surface area contributed by atoms with Crippen LogP contribution in [0.5, 0.6) is 0 Å². The van der Waals surface area contributed by atoms with Crippen LogP contribution in [0.3, 0.4) is 0 Å². The van der Waals surface area contributed by atoms with Crippen LogP contribution in [-0.4, -0.2) is 47.8 Å². The lowest BCUT2D eigenvalue weighted by Gasteiger charge is -2.29. The summed E-state index contributed by atoms with van der Waals surface area (Å²) in [6.45, 7) is 3.43. The van der Waals surface area contributed by atoms with Crippen molar-refractivity contribution in [1.82, 2.24) is 10.2 Å². The highest BCUT2D eigenvalue weighted by Crippen LogP contribution is 2.32. The molecule has 2 aromatic rings. The van der Waals surface area contributed by atoms with Crippen molar-refractivity contribution in [3.8, 4) is 0 Å². The maximum atomic E-state index is 13.0. The third kappa shape index (κ3) is 3.24. The van der Waals surface area contributed by atoms with Crippen LogP contribution < -0.4 is 15.1 Å². The maximum absolute atomic E-state index is 13.0. The predicted molar refractivity (Wildman–Crippen MR) is 114 cm³/mol. The molecule has 1 N–H and O–H groups in total. The SMILES string of the molecule is Cc1ccc(N2CCN(c3ccc4c(c3)CN(C3CCC(=O)NC3=O)C4=O)C2=O)cc1. The van der Waals surface area contributed by atoms with Gasteiger partial charge in [-0.1, -0.05) is 17.7 Å². The van der Waals surface area contributed by atoms with E-state index in [-0.39, 0.29) is 30.8 Å². The molecule has 2 saturated heterocycles. The number of anilines is 2. The highest BCUT2D eigenvalue weighted by molar-refractivity contribution is 6.08. The fourth-order valence-corrected chi connectivity index (χ4v) is 4.47. The van der Waals surface area contributed by atoms with Crippen LogP contribution in [0.15, 0.2) is 42.5 Å². The van der Waals surface area contributed by atoms with Crippen LogP contribution in [0.1, 0.15) is 34.3 Å². The number of fused-ring (bicyclic) bond motifs is 1. The number of urea groups is 1. The minimum absolute atomic E-state index is 0.102. The van der Waals surface area contributed by atoms with Crippen molar-refractivity contribution >= 4 is 35.1 Å². The smallest absolute Gasteiger partial charge is 0.322 e. The van der Waals surface area contributed by atoms with Crippen LogP contribution in [0.4, 0.5) is 16.2 Å². The molecule has 3 heterocycles. The van der Waals surface area contributed by atoms with Crippen LogP contribution in [0.25, 0.3) is 0 Å². The molecule has 1 atom stereocenters. The van der Waals surface area contributed by atoms with Gasteiger partial charge in [-0.05, 0) is 49.2 Å². The average Bonchev–Trinajstić information content (AvgIpc) is 3.28. The fraction of sp³-hybridized carbons (Fsp3) is 0.304. The normalized spacial score (nSPS) is 21.1. The quantitative estimate of drug-likeness (QED) is 0.774. The second-order valence-electron chi connectivity index (χ2n) is 8.16. The molecule has 0 bridgehead atoms. The Hall–Kier alpha value is -3.68. The molecule has 0 aliphatic carbocycles. The van der Waals surface area contributed by atoms with Gasteiger partial charge in [0, 0.05) is 43.0 Å². The lowest BCUT2D eigenvalue weighted by molar-refractivity contribution is -0.136. The Morgan fingerprint density at radius 3 is 2.29 bits per heavy atom. The molecule has 0 spiro atoms. The molecule has 1 unspecified atom stereocenters. The van der Waals surface area contributed by atoms with E-state index in [9.17, 15) is 19.2 Å². The highest BCUT2D eigenvalue weighted by atomic mass is 16.2. The molecule has 3 aliphatic rings. The van der Waals surface area contributed by atoms with Crippen LogP contribution in [-0.2, 0) is 16.1 Å². The number of nitrogens with zero attached hydrogens (tertiary/aromatic N) is 3. The minimum atomic E-state index is -0.647. The van der Waals surface area contributed by atoms with Crippen molar-refractivity contribution in [2.24, 2.45) is 0 Å². The summed E-state index contributed by atoms with van der Waals surface area (Å²) in [6.07, 6.45) is 0.548. The predicted octanol–water partition coefficient (Wildman–Crippen LogP) is 2.20. The van der Waals surface area contributed by atoms with E-state index in [0.29, 0.717) is 25.1 Å². The number of nitrogens with one attached hydrogen (secondary N) is 1. The fourth-order valence-electron chi connectivity index (χ4n) is 4.47. The van der Waals surface area contributed by atoms with E-state index in [2.05, 4.69) is 5.32 Å². The van der Waals surface area contributed by atoms with Gasteiger partial charge < -0.3 is 4.90 Å². The Labute approximate surface area is 179 Å². The molecule has 3 aliphatic heterocycles. The molecular weight excluding hydrogens is 396 g/mol. The Morgan fingerprint density at radius 1 is 0.903 bits per heavy atom. The Balaban J connectivity index is 1.36. The molecular formula is C23H22N4O4. The first-order chi connectivity index (χ1) is 14.9. The van der Waals surface area contributed by atoms with Crippen LogP contribution in [0, 0.1) is 6.92 Å². The third-order valence-corrected chi connectivity index (χ3v) is 6.17. The molecule has 5 rings (SSSR count).